The van der Waals surface area contributed by atoms with Gasteiger partial charge in [-0.25, -0.2) is 4.79 Å². The first-order valence-corrected chi connectivity index (χ1v) is 6.69. The lowest BCUT2D eigenvalue weighted by atomic mass is 10.1. The summed E-state index contributed by atoms with van der Waals surface area (Å²) in [6.45, 7) is 2.09. The maximum absolute atomic E-state index is 11.9. The van der Waals surface area contributed by atoms with E-state index < -0.39 is 5.63 Å². The van der Waals surface area contributed by atoms with E-state index in [-0.39, 0.29) is 11.3 Å². The van der Waals surface area contributed by atoms with E-state index in [9.17, 15) is 9.90 Å². The number of hydrogen-bond donors (Lipinski definition) is 1. The molecule has 7 heteroatoms. The Morgan fingerprint density at radius 2 is 2.18 bits per heavy atom. The molecule has 22 heavy (non-hydrogen) atoms. The van der Waals surface area contributed by atoms with Crippen LogP contribution in [0.25, 0.3) is 11.0 Å². The molecule has 0 amide bonds. The number of aliphatic imine (C=N–C) groups is 1. The van der Waals surface area contributed by atoms with Crippen molar-refractivity contribution < 1.29 is 14.0 Å². The van der Waals surface area contributed by atoms with E-state index in [1.165, 1.54) is 6.21 Å². The summed E-state index contributed by atoms with van der Waals surface area (Å²) in [7, 11) is 0. The zero-order valence-corrected chi connectivity index (χ0v) is 11.8. The van der Waals surface area contributed by atoms with Crippen molar-refractivity contribution in [2.75, 3.05) is 6.54 Å². The number of rotatable bonds is 4. The van der Waals surface area contributed by atoms with E-state index in [0.29, 0.717) is 35.6 Å². The van der Waals surface area contributed by atoms with Crippen LogP contribution in [0.4, 0.5) is 0 Å². The van der Waals surface area contributed by atoms with Gasteiger partial charge in [0.15, 0.2) is 5.82 Å². The maximum Gasteiger partial charge on any atom is 0.348 e. The molecule has 3 aromatic rings. The van der Waals surface area contributed by atoms with Gasteiger partial charge in [-0.1, -0.05) is 17.3 Å². The lowest BCUT2D eigenvalue weighted by molar-refractivity contribution is 0.376. The summed E-state index contributed by atoms with van der Waals surface area (Å²) in [4.78, 5) is 20.0. The third kappa shape index (κ3) is 2.73. The summed E-state index contributed by atoms with van der Waals surface area (Å²) >= 11 is 0. The molecule has 1 N–H and O–H groups in total. The van der Waals surface area contributed by atoms with Gasteiger partial charge in [-0.15, -0.1) is 0 Å². The molecule has 0 saturated carbocycles. The van der Waals surface area contributed by atoms with E-state index in [1.54, 1.807) is 31.2 Å². The fourth-order valence-electron chi connectivity index (χ4n) is 2.02. The van der Waals surface area contributed by atoms with E-state index in [2.05, 4.69) is 15.1 Å². The minimum atomic E-state index is -0.631. The number of hydrogen-bond acceptors (Lipinski definition) is 7. The quantitative estimate of drug-likeness (QED) is 0.582. The molecule has 0 saturated heterocycles. The normalized spacial score (nSPS) is 11.5. The Kier molecular flexibility index (Phi) is 3.69. The first-order chi connectivity index (χ1) is 10.6. The third-order valence-electron chi connectivity index (χ3n) is 3.06. The Labute approximate surface area is 124 Å². The molecule has 7 nitrogen and oxygen atoms in total. The van der Waals surface area contributed by atoms with Gasteiger partial charge in [-0.05, 0) is 19.1 Å². The molecule has 0 aliphatic rings. The molecule has 1 aromatic carbocycles. The Morgan fingerprint density at radius 3 is 2.95 bits per heavy atom. The van der Waals surface area contributed by atoms with Crippen LogP contribution in [0.15, 0.2) is 43.0 Å². The number of fused-ring (bicyclic) bond motifs is 1. The highest BCUT2D eigenvalue weighted by molar-refractivity contribution is 5.93. The van der Waals surface area contributed by atoms with E-state index in [1.807, 2.05) is 0 Å². The largest absolute Gasteiger partial charge is 0.506 e. The second-order valence-corrected chi connectivity index (χ2v) is 4.67. The smallest absolute Gasteiger partial charge is 0.348 e. The molecule has 112 valence electrons. The van der Waals surface area contributed by atoms with Gasteiger partial charge in [0.05, 0.1) is 5.39 Å². The van der Waals surface area contributed by atoms with Gasteiger partial charge >= 0.3 is 5.63 Å². The standard InChI is InChI=1S/C15H13N3O4/c1-9-17-13(22-18-9)6-7-16-8-11-14(19)10-4-2-3-5-12(10)21-15(11)20/h2-5,8,19H,6-7H2,1H3. The number of aromatic nitrogens is 2. The molecular formula is C15H13N3O4. The number of para-hydroxylation sites is 1. The van der Waals surface area contributed by atoms with Crippen LogP contribution in [-0.2, 0) is 6.42 Å². The molecule has 0 bridgehead atoms. The predicted molar refractivity (Wildman–Crippen MR) is 79.3 cm³/mol. The van der Waals surface area contributed by atoms with Gasteiger partial charge < -0.3 is 14.0 Å². The van der Waals surface area contributed by atoms with Crippen molar-refractivity contribution in [2.45, 2.75) is 13.3 Å². The van der Waals surface area contributed by atoms with Crippen LogP contribution in [0.3, 0.4) is 0 Å². The fraction of sp³-hybridized carbons (Fsp3) is 0.200. The van der Waals surface area contributed by atoms with Gasteiger partial charge in [0, 0.05) is 19.2 Å². The zero-order chi connectivity index (χ0) is 15.5. The van der Waals surface area contributed by atoms with Crippen molar-refractivity contribution >= 4 is 17.2 Å². The van der Waals surface area contributed by atoms with Gasteiger partial charge in [-0.2, -0.15) is 4.98 Å². The molecule has 0 radical (unpaired) electrons. The average Bonchev–Trinajstić information content (AvgIpc) is 2.92. The Balaban J connectivity index is 1.81. The molecule has 0 atom stereocenters. The Morgan fingerprint density at radius 1 is 1.36 bits per heavy atom. The SMILES string of the molecule is Cc1noc(CCN=Cc2c(O)c3ccccc3oc2=O)n1. The summed E-state index contributed by atoms with van der Waals surface area (Å²) in [6, 6.07) is 6.77. The number of nitrogens with zero attached hydrogens (tertiary/aromatic N) is 3. The van der Waals surface area contributed by atoms with Crippen LogP contribution in [0.1, 0.15) is 17.3 Å². The number of benzene rings is 1. The molecule has 0 aliphatic carbocycles. The minimum absolute atomic E-state index is 0.0282. The maximum atomic E-state index is 11.9. The third-order valence-corrected chi connectivity index (χ3v) is 3.06. The van der Waals surface area contributed by atoms with Crippen molar-refractivity contribution in [3.8, 4) is 5.75 Å². The molecule has 2 heterocycles. The van der Waals surface area contributed by atoms with Gasteiger partial charge in [-0.3, -0.25) is 4.99 Å². The lowest BCUT2D eigenvalue weighted by Crippen LogP contribution is -2.07. The van der Waals surface area contributed by atoms with Crippen molar-refractivity contribution in [3.63, 3.8) is 0 Å². The van der Waals surface area contributed by atoms with E-state index >= 15 is 0 Å². The Bertz CT molecular complexity index is 895. The van der Waals surface area contributed by atoms with Gasteiger partial charge in [0.25, 0.3) is 0 Å². The Hall–Kier alpha value is -2.96. The average molecular weight is 299 g/mol. The minimum Gasteiger partial charge on any atom is -0.506 e. The molecule has 0 unspecified atom stereocenters. The first kappa shape index (κ1) is 14.0. The molecule has 0 fully saturated rings. The highest BCUT2D eigenvalue weighted by Gasteiger charge is 2.11. The molecule has 3 rings (SSSR count). The van der Waals surface area contributed by atoms with E-state index in [4.69, 9.17) is 8.94 Å². The topological polar surface area (TPSA) is 102 Å². The lowest BCUT2D eigenvalue weighted by Gasteiger charge is -2.01. The fourth-order valence-corrected chi connectivity index (χ4v) is 2.02. The highest BCUT2D eigenvalue weighted by atomic mass is 16.5. The number of aryl methyl sites for hydroxylation is 1. The van der Waals surface area contributed by atoms with Crippen LogP contribution >= 0.6 is 0 Å². The summed E-state index contributed by atoms with van der Waals surface area (Å²) in [6.07, 6.45) is 1.76. The summed E-state index contributed by atoms with van der Waals surface area (Å²) in [5, 5.41) is 14.3. The molecule has 0 aliphatic heterocycles. The van der Waals surface area contributed by atoms with Crippen molar-refractivity contribution in [3.05, 3.63) is 52.0 Å². The van der Waals surface area contributed by atoms with E-state index in [0.717, 1.165) is 0 Å². The summed E-state index contributed by atoms with van der Waals surface area (Å²) in [5.41, 5.74) is -0.266. The van der Waals surface area contributed by atoms with Crippen molar-refractivity contribution in [1.82, 2.24) is 10.1 Å². The summed E-state index contributed by atoms with van der Waals surface area (Å²) < 4.78 is 10.1. The predicted octanol–water partition coefficient (Wildman–Crippen LogP) is 1.85. The van der Waals surface area contributed by atoms with Crippen LogP contribution in [0, 0.1) is 6.92 Å². The van der Waals surface area contributed by atoms with Crippen LogP contribution < -0.4 is 5.63 Å². The second-order valence-electron chi connectivity index (χ2n) is 4.67. The van der Waals surface area contributed by atoms with Crippen LogP contribution in [0.5, 0.6) is 5.75 Å². The number of aromatic hydroxyl groups is 1. The summed E-state index contributed by atoms with van der Waals surface area (Å²) in [5.74, 6) is 0.903. The van der Waals surface area contributed by atoms with Crippen molar-refractivity contribution in [2.24, 2.45) is 4.99 Å². The monoisotopic (exact) mass is 299 g/mol. The second kappa shape index (κ2) is 5.80. The van der Waals surface area contributed by atoms with Gasteiger partial charge in [0.1, 0.15) is 16.9 Å². The molecular weight excluding hydrogens is 286 g/mol. The van der Waals surface area contributed by atoms with Crippen molar-refractivity contribution in [1.29, 1.82) is 0 Å². The first-order valence-electron chi connectivity index (χ1n) is 6.69. The molecule has 0 spiro atoms. The van der Waals surface area contributed by atoms with Crippen LogP contribution in [-0.4, -0.2) is 28.0 Å². The highest BCUT2D eigenvalue weighted by Crippen LogP contribution is 2.24. The van der Waals surface area contributed by atoms with Crippen LogP contribution in [0.2, 0.25) is 0 Å². The molecule has 2 aromatic heterocycles. The zero-order valence-electron chi connectivity index (χ0n) is 11.8. The van der Waals surface area contributed by atoms with Gasteiger partial charge in [0.2, 0.25) is 5.89 Å².